The molecule has 1 atom stereocenters. The lowest BCUT2D eigenvalue weighted by Gasteiger charge is -2.15. The Hall–Kier alpha value is -2.08. The number of nitrogens with zero attached hydrogens (tertiary/aromatic N) is 5. The number of amides is 2. The molecule has 0 saturated heterocycles. The van der Waals surface area contributed by atoms with Crippen LogP contribution in [0.2, 0.25) is 0 Å². The van der Waals surface area contributed by atoms with E-state index in [2.05, 4.69) is 69.2 Å². The van der Waals surface area contributed by atoms with Crippen LogP contribution >= 0.6 is 38.5 Å². The fourth-order valence-electron chi connectivity index (χ4n) is 2.27. The summed E-state index contributed by atoms with van der Waals surface area (Å²) in [5.41, 5.74) is 1.78. The van der Waals surface area contributed by atoms with E-state index in [0.29, 0.717) is 17.5 Å². The topological polar surface area (TPSA) is 97.6 Å². The maximum atomic E-state index is 12.4. The molecule has 134 valence electrons. The Kier molecular flexibility index (Phi) is 5.81. The number of carbonyl (C=O) groups is 1. The third-order valence-electron chi connectivity index (χ3n) is 3.55. The Bertz CT molecular complexity index is 932. The molecule has 26 heavy (non-hydrogen) atoms. The molecule has 0 spiro atoms. The standard InChI is InChI=1S/C16H15BrIN7O/c1-9-6-13(11(17)7-12(9)18)24-16(26)23-10(2)14-21-8-22-25(14)15-19-4-3-5-20-15/h3-8,10H,1-2H3,(H2,23,24,26)/t10-/m0/s1. The first-order valence-corrected chi connectivity index (χ1v) is 9.53. The molecule has 0 bridgehead atoms. The van der Waals surface area contributed by atoms with E-state index < -0.39 is 6.04 Å². The Morgan fingerprint density at radius 3 is 2.73 bits per heavy atom. The van der Waals surface area contributed by atoms with Crippen molar-refractivity contribution < 1.29 is 4.79 Å². The highest BCUT2D eigenvalue weighted by atomic mass is 127. The number of anilines is 1. The van der Waals surface area contributed by atoms with Crippen molar-refractivity contribution in [3.63, 3.8) is 0 Å². The number of aromatic nitrogens is 5. The van der Waals surface area contributed by atoms with E-state index in [1.807, 2.05) is 26.0 Å². The number of aryl methyl sites for hydroxylation is 1. The second-order valence-electron chi connectivity index (χ2n) is 5.48. The second-order valence-corrected chi connectivity index (χ2v) is 7.50. The summed E-state index contributed by atoms with van der Waals surface area (Å²) in [4.78, 5) is 24.9. The summed E-state index contributed by atoms with van der Waals surface area (Å²) in [6.07, 6.45) is 4.64. The van der Waals surface area contributed by atoms with Crippen LogP contribution in [0.15, 0.2) is 41.4 Å². The SMILES string of the molecule is Cc1cc(NC(=O)N[C@@H](C)c2ncnn2-c2ncccn2)c(Br)cc1I. The number of carbonyl (C=O) groups excluding carboxylic acids is 1. The van der Waals surface area contributed by atoms with Crippen LogP contribution in [-0.2, 0) is 0 Å². The number of nitrogens with one attached hydrogen (secondary N) is 2. The zero-order chi connectivity index (χ0) is 18.7. The van der Waals surface area contributed by atoms with Crippen molar-refractivity contribution >= 4 is 50.2 Å². The van der Waals surface area contributed by atoms with Crippen LogP contribution in [0.4, 0.5) is 10.5 Å². The van der Waals surface area contributed by atoms with Crippen molar-refractivity contribution in [2.75, 3.05) is 5.32 Å². The van der Waals surface area contributed by atoms with Crippen molar-refractivity contribution in [2.24, 2.45) is 0 Å². The van der Waals surface area contributed by atoms with Gasteiger partial charge in [-0.3, -0.25) is 0 Å². The fourth-order valence-corrected chi connectivity index (χ4v) is 3.61. The molecule has 0 fully saturated rings. The molecule has 2 aromatic heterocycles. The normalized spacial score (nSPS) is 11.8. The van der Waals surface area contributed by atoms with Crippen molar-refractivity contribution in [1.82, 2.24) is 30.0 Å². The molecule has 2 heterocycles. The van der Waals surface area contributed by atoms with Gasteiger partial charge in [0.1, 0.15) is 6.33 Å². The van der Waals surface area contributed by atoms with Crippen LogP contribution < -0.4 is 10.6 Å². The summed E-state index contributed by atoms with van der Waals surface area (Å²) >= 11 is 5.71. The van der Waals surface area contributed by atoms with E-state index in [0.717, 1.165) is 13.6 Å². The van der Waals surface area contributed by atoms with E-state index in [-0.39, 0.29) is 6.03 Å². The summed E-state index contributed by atoms with van der Waals surface area (Å²) in [5.74, 6) is 0.925. The molecular weight excluding hydrogens is 513 g/mol. The maximum absolute atomic E-state index is 12.4. The van der Waals surface area contributed by atoms with Gasteiger partial charge in [0.15, 0.2) is 5.82 Å². The number of hydrogen-bond acceptors (Lipinski definition) is 5. The Morgan fingerprint density at radius 2 is 2.00 bits per heavy atom. The largest absolute Gasteiger partial charge is 0.328 e. The van der Waals surface area contributed by atoms with Gasteiger partial charge in [0, 0.05) is 20.4 Å². The smallest absolute Gasteiger partial charge is 0.319 e. The molecule has 3 aromatic rings. The Labute approximate surface area is 172 Å². The first-order valence-electron chi connectivity index (χ1n) is 7.66. The summed E-state index contributed by atoms with van der Waals surface area (Å²) in [5, 5.41) is 9.83. The summed E-state index contributed by atoms with van der Waals surface area (Å²) in [6, 6.07) is 4.84. The summed E-state index contributed by atoms with van der Waals surface area (Å²) < 4.78 is 3.43. The molecule has 0 aliphatic heterocycles. The van der Waals surface area contributed by atoms with E-state index in [9.17, 15) is 4.79 Å². The quantitative estimate of drug-likeness (QED) is 0.505. The van der Waals surface area contributed by atoms with Crippen LogP contribution in [0, 0.1) is 10.5 Å². The number of benzene rings is 1. The third kappa shape index (κ3) is 4.18. The lowest BCUT2D eigenvalue weighted by atomic mass is 10.2. The molecule has 0 unspecified atom stereocenters. The molecule has 3 rings (SSSR count). The molecule has 0 saturated carbocycles. The van der Waals surface area contributed by atoms with Gasteiger partial charge >= 0.3 is 6.03 Å². The van der Waals surface area contributed by atoms with Crippen LogP contribution in [-0.4, -0.2) is 30.8 Å². The van der Waals surface area contributed by atoms with E-state index >= 15 is 0 Å². The fraction of sp³-hybridized carbons (Fsp3) is 0.188. The second kappa shape index (κ2) is 8.08. The molecule has 2 amide bonds. The average Bonchev–Trinajstić information content (AvgIpc) is 3.10. The van der Waals surface area contributed by atoms with E-state index in [1.54, 1.807) is 18.5 Å². The summed E-state index contributed by atoms with van der Waals surface area (Å²) in [7, 11) is 0. The molecule has 8 nitrogen and oxygen atoms in total. The van der Waals surface area contributed by atoms with Gasteiger partial charge in [0.2, 0.25) is 0 Å². The molecule has 2 N–H and O–H groups in total. The maximum Gasteiger partial charge on any atom is 0.319 e. The van der Waals surface area contributed by atoms with Gasteiger partial charge in [-0.05, 0) is 76.1 Å². The molecule has 10 heteroatoms. The van der Waals surface area contributed by atoms with Gasteiger partial charge in [0.05, 0.1) is 11.7 Å². The van der Waals surface area contributed by atoms with Crippen LogP contribution in [0.1, 0.15) is 24.4 Å². The van der Waals surface area contributed by atoms with Crippen molar-refractivity contribution in [3.8, 4) is 5.95 Å². The Balaban J connectivity index is 1.73. The minimum absolute atomic E-state index is 0.345. The van der Waals surface area contributed by atoms with Crippen LogP contribution in [0.5, 0.6) is 0 Å². The minimum atomic E-state index is -0.398. The molecule has 0 aliphatic rings. The zero-order valence-corrected chi connectivity index (χ0v) is 17.7. The lowest BCUT2D eigenvalue weighted by Crippen LogP contribution is -2.32. The highest BCUT2D eigenvalue weighted by molar-refractivity contribution is 14.1. The Morgan fingerprint density at radius 1 is 1.27 bits per heavy atom. The highest BCUT2D eigenvalue weighted by Gasteiger charge is 2.18. The molecule has 1 aromatic carbocycles. The predicted octanol–water partition coefficient (Wildman–Crippen LogP) is 3.62. The number of hydrogen-bond donors (Lipinski definition) is 2. The monoisotopic (exact) mass is 527 g/mol. The molecular formula is C16H15BrIN7O. The van der Waals surface area contributed by atoms with E-state index in [4.69, 9.17) is 0 Å². The van der Waals surface area contributed by atoms with Gasteiger partial charge in [-0.2, -0.15) is 9.78 Å². The average molecular weight is 528 g/mol. The molecule has 0 radical (unpaired) electrons. The number of urea groups is 1. The minimum Gasteiger partial charge on any atom is -0.328 e. The number of halogens is 2. The van der Waals surface area contributed by atoms with Gasteiger partial charge in [-0.25, -0.2) is 19.7 Å². The lowest BCUT2D eigenvalue weighted by molar-refractivity contribution is 0.248. The van der Waals surface area contributed by atoms with Gasteiger partial charge in [0.25, 0.3) is 5.95 Å². The van der Waals surface area contributed by atoms with Crippen molar-refractivity contribution in [3.05, 3.63) is 56.4 Å². The highest BCUT2D eigenvalue weighted by Crippen LogP contribution is 2.27. The first kappa shape index (κ1) is 18.7. The first-order chi connectivity index (χ1) is 12.5. The zero-order valence-electron chi connectivity index (χ0n) is 13.9. The van der Waals surface area contributed by atoms with Crippen molar-refractivity contribution in [1.29, 1.82) is 0 Å². The van der Waals surface area contributed by atoms with E-state index in [1.165, 1.54) is 11.0 Å². The van der Waals surface area contributed by atoms with Gasteiger partial charge in [-0.1, -0.05) is 0 Å². The van der Waals surface area contributed by atoms with Crippen molar-refractivity contribution in [2.45, 2.75) is 19.9 Å². The van der Waals surface area contributed by atoms with Gasteiger partial charge < -0.3 is 10.6 Å². The summed E-state index contributed by atoms with van der Waals surface area (Å²) in [6.45, 7) is 3.81. The predicted molar refractivity (Wildman–Crippen MR) is 109 cm³/mol. The third-order valence-corrected chi connectivity index (χ3v) is 5.37. The number of rotatable bonds is 4. The van der Waals surface area contributed by atoms with Gasteiger partial charge in [-0.15, -0.1) is 0 Å². The molecule has 0 aliphatic carbocycles. The van der Waals surface area contributed by atoms with Crippen LogP contribution in [0.3, 0.4) is 0 Å². The van der Waals surface area contributed by atoms with Crippen LogP contribution in [0.25, 0.3) is 5.95 Å².